The maximum atomic E-state index is 11.1. The molecule has 84 valence electrons. The number of carboxylic acids is 1. The first kappa shape index (κ1) is 11.4. The number of halogens is 1. The zero-order valence-corrected chi connectivity index (χ0v) is 11.1. The molecule has 16 heavy (non-hydrogen) atoms. The van der Waals surface area contributed by atoms with Crippen LogP contribution in [0.1, 0.15) is 35.9 Å². The van der Waals surface area contributed by atoms with Crippen LogP contribution in [0, 0.1) is 3.57 Å². The van der Waals surface area contributed by atoms with E-state index < -0.39 is 5.97 Å². The number of rotatable bonds is 2. The summed E-state index contributed by atoms with van der Waals surface area (Å²) < 4.78 is 6.38. The van der Waals surface area contributed by atoms with Crippen LogP contribution < -0.4 is 0 Å². The molecule has 1 N–H and O–H groups in total. The molecule has 0 aliphatic rings. The summed E-state index contributed by atoms with van der Waals surface area (Å²) in [6, 6.07) is 5.72. The molecule has 4 heteroatoms. The smallest absolute Gasteiger partial charge is 0.372 e. The molecule has 0 bridgehead atoms. The summed E-state index contributed by atoms with van der Waals surface area (Å²) in [6.45, 7) is 3.94. The van der Waals surface area contributed by atoms with Gasteiger partial charge in [0.15, 0.2) is 0 Å². The standard InChI is InChI=1S/C12H11IO3/c1-6(2)9-7-4-3-5-8(13)10(7)16-11(9)12(14)15/h3-6H,1-2H3,(H,14,15). The molecule has 2 rings (SSSR count). The Kier molecular flexibility index (Phi) is 2.92. The Morgan fingerprint density at radius 2 is 2.12 bits per heavy atom. The van der Waals surface area contributed by atoms with E-state index in [1.165, 1.54) is 0 Å². The molecule has 0 amide bonds. The van der Waals surface area contributed by atoms with Crippen molar-refractivity contribution in [3.63, 3.8) is 0 Å². The lowest BCUT2D eigenvalue weighted by Crippen LogP contribution is -2.00. The van der Waals surface area contributed by atoms with Gasteiger partial charge in [-0.1, -0.05) is 26.0 Å². The van der Waals surface area contributed by atoms with Crippen molar-refractivity contribution in [2.45, 2.75) is 19.8 Å². The highest BCUT2D eigenvalue weighted by Crippen LogP contribution is 2.34. The van der Waals surface area contributed by atoms with Gasteiger partial charge in [0.1, 0.15) is 5.58 Å². The summed E-state index contributed by atoms with van der Waals surface area (Å²) in [4.78, 5) is 11.1. The Hall–Kier alpha value is -1.04. The zero-order chi connectivity index (χ0) is 11.9. The highest BCUT2D eigenvalue weighted by molar-refractivity contribution is 14.1. The molecule has 1 heterocycles. The number of hydrogen-bond acceptors (Lipinski definition) is 2. The van der Waals surface area contributed by atoms with Gasteiger partial charge < -0.3 is 9.52 Å². The van der Waals surface area contributed by atoms with Gasteiger partial charge in [-0.25, -0.2) is 4.79 Å². The van der Waals surface area contributed by atoms with E-state index >= 15 is 0 Å². The van der Waals surface area contributed by atoms with Crippen molar-refractivity contribution < 1.29 is 14.3 Å². The van der Waals surface area contributed by atoms with Gasteiger partial charge >= 0.3 is 5.97 Å². The number of para-hydroxylation sites is 1. The van der Waals surface area contributed by atoms with Crippen molar-refractivity contribution in [1.29, 1.82) is 0 Å². The van der Waals surface area contributed by atoms with Gasteiger partial charge in [-0.3, -0.25) is 0 Å². The summed E-state index contributed by atoms with van der Waals surface area (Å²) in [6.07, 6.45) is 0. The third-order valence-electron chi connectivity index (χ3n) is 2.48. The van der Waals surface area contributed by atoms with E-state index in [0.29, 0.717) is 5.58 Å². The van der Waals surface area contributed by atoms with E-state index in [4.69, 9.17) is 9.52 Å². The number of aromatic carboxylic acids is 1. The molecule has 0 saturated carbocycles. The molecule has 3 nitrogen and oxygen atoms in total. The molecule has 0 aliphatic heterocycles. The van der Waals surface area contributed by atoms with Gasteiger partial charge in [0, 0.05) is 10.9 Å². The molecule has 0 aliphatic carbocycles. The highest BCUT2D eigenvalue weighted by atomic mass is 127. The van der Waals surface area contributed by atoms with Crippen LogP contribution in [0.25, 0.3) is 11.0 Å². The first-order valence-corrected chi connectivity index (χ1v) is 6.04. The Bertz CT molecular complexity index is 555. The summed E-state index contributed by atoms with van der Waals surface area (Å²) in [5.41, 5.74) is 1.45. The second-order valence-electron chi connectivity index (χ2n) is 3.92. The van der Waals surface area contributed by atoms with Crippen LogP contribution >= 0.6 is 22.6 Å². The van der Waals surface area contributed by atoms with Crippen LogP contribution in [0.4, 0.5) is 0 Å². The molecule has 0 unspecified atom stereocenters. The Morgan fingerprint density at radius 1 is 1.44 bits per heavy atom. The lowest BCUT2D eigenvalue weighted by Gasteiger charge is -2.02. The van der Waals surface area contributed by atoms with Crippen LogP contribution in [0.15, 0.2) is 22.6 Å². The van der Waals surface area contributed by atoms with E-state index in [-0.39, 0.29) is 11.7 Å². The van der Waals surface area contributed by atoms with Crippen LogP contribution in [0.2, 0.25) is 0 Å². The van der Waals surface area contributed by atoms with Crippen molar-refractivity contribution in [3.05, 3.63) is 33.1 Å². The number of hydrogen-bond donors (Lipinski definition) is 1. The van der Waals surface area contributed by atoms with Crippen molar-refractivity contribution >= 4 is 39.5 Å². The first-order valence-electron chi connectivity index (χ1n) is 4.96. The maximum absolute atomic E-state index is 11.1. The molecule has 1 aromatic heterocycles. The Labute approximate surface area is 107 Å². The average Bonchev–Trinajstić information content (AvgIpc) is 2.58. The zero-order valence-electron chi connectivity index (χ0n) is 8.95. The predicted octanol–water partition coefficient (Wildman–Crippen LogP) is 3.86. The average molecular weight is 330 g/mol. The van der Waals surface area contributed by atoms with Crippen molar-refractivity contribution in [2.24, 2.45) is 0 Å². The fourth-order valence-electron chi connectivity index (χ4n) is 1.84. The number of benzene rings is 1. The van der Waals surface area contributed by atoms with Gasteiger partial charge in [0.05, 0.1) is 3.57 Å². The van der Waals surface area contributed by atoms with E-state index in [9.17, 15) is 4.79 Å². The predicted molar refractivity (Wildman–Crippen MR) is 70.0 cm³/mol. The lowest BCUT2D eigenvalue weighted by molar-refractivity contribution is 0.0662. The lowest BCUT2D eigenvalue weighted by atomic mass is 9.99. The summed E-state index contributed by atoms with van der Waals surface area (Å²) in [5.74, 6) is -0.810. The normalized spacial score (nSPS) is 11.2. The number of carboxylic acid groups (broad SMARTS) is 1. The van der Waals surface area contributed by atoms with Crippen LogP contribution in [0.5, 0.6) is 0 Å². The van der Waals surface area contributed by atoms with Gasteiger partial charge in [0.2, 0.25) is 5.76 Å². The van der Waals surface area contributed by atoms with E-state index in [1.807, 2.05) is 32.0 Å². The number of fused-ring (bicyclic) bond motifs is 1. The number of furan rings is 1. The first-order chi connectivity index (χ1) is 7.52. The summed E-state index contributed by atoms with van der Waals surface area (Å²) in [7, 11) is 0. The van der Waals surface area contributed by atoms with Gasteiger partial charge in [-0.05, 0) is 34.6 Å². The molecule has 0 spiro atoms. The molecule has 0 atom stereocenters. The third-order valence-corrected chi connectivity index (χ3v) is 3.33. The second kappa shape index (κ2) is 4.08. The fraction of sp³-hybridized carbons (Fsp3) is 0.250. The topological polar surface area (TPSA) is 50.4 Å². The molecule has 2 aromatic rings. The van der Waals surface area contributed by atoms with Gasteiger partial charge in [-0.2, -0.15) is 0 Å². The van der Waals surface area contributed by atoms with Crippen LogP contribution in [-0.4, -0.2) is 11.1 Å². The molecule has 1 aromatic carbocycles. The maximum Gasteiger partial charge on any atom is 0.372 e. The van der Waals surface area contributed by atoms with Crippen LogP contribution in [-0.2, 0) is 0 Å². The van der Waals surface area contributed by atoms with Gasteiger partial charge in [-0.15, -0.1) is 0 Å². The highest BCUT2D eigenvalue weighted by Gasteiger charge is 2.22. The summed E-state index contributed by atoms with van der Waals surface area (Å²) >= 11 is 2.15. The third kappa shape index (κ3) is 1.71. The minimum atomic E-state index is -1.00. The summed E-state index contributed by atoms with van der Waals surface area (Å²) in [5, 5.41) is 10.0. The molecular formula is C12H11IO3. The van der Waals surface area contributed by atoms with Crippen molar-refractivity contribution in [1.82, 2.24) is 0 Å². The second-order valence-corrected chi connectivity index (χ2v) is 5.08. The molecule has 0 radical (unpaired) electrons. The Balaban J connectivity index is 2.86. The SMILES string of the molecule is CC(C)c1c(C(=O)O)oc2c(I)cccc12. The van der Waals surface area contributed by atoms with E-state index in [1.54, 1.807) is 0 Å². The largest absolute Gasteiger partial charge is 0.475 e. The van der Waals surface area contributed by atoms with Crippen molar-refractivity contribution in [3.8, 4) is 0 Å². The minimum Gasteiger partial charge on any atom is -0.475 e. The fourth-order valence-corrected chi connectivity index (χ4v) is 2.44. The van der Waals surface area contributed by atoms with E-state index in [0.717, 1.165) is 14.5 Å². The number of carbonyl (C=O) groups is 1. The molecule has 0 saturated heterocycles. The van der Waals surface area contributed by atoms with E-state index in [2.05, 4.69) is 22.6 Å². The monoisotopic (exact) mass is 330 g/mol. The van der Waals surface area contributed by atoms with Gasteiger partial charge in [0.25, 0.3) is 0 Å². The molecular weight excluding hydrogens is 319 g/mol. The Morgan fingerprint density at radius 3 is 2.69 bits per heavy atom. The van der Waals surface area contributed by atoms with Crippen molar-refractivity contribution in [2.75, 3.05) is 0 Å². The molecule has 0 fully saturated rings. The minimum absolute atomic E-state index is 0.0640. The van der Waals surface area contributed by atoms with Crippen LogP contribution in [0.3, 0.4) is 0 Å². The quantitative estimate of drug-likeness (QED) is 0.851.